The molecule has 0 fully saturated rings. The van der Waals surface area contributed by atoms with Crippen LogP contribution in [0.3, 0.4) is 0 Å². The molecule has 0 aliphatic carbocycles. The summed E-state index contributed by atoms with van der Waals surface area (Å²) in [5.74, 6) is 0.104. The molecule has 0 radical (unpaired) electrons. The fourth-order valence-corrected chi connectivity index (χ4v) is 6.70. The van der Waals surface area contributed by atoms with Crippen molar-refractivity contribution in [2.75, 3.05) is 21.3 Å². The Bertz CT molecular complexity index is 1140. The third-order valence-electron chi connectivity index (χ3n) is 5.29. The molecule has 0 amide bonds. The fourth-order valence-electron chi connectivity index (χ4n) is 3.72. The summed E-state index contributed by atoms with van der Waals surface area (Å²) < 4.78 is 55.1. The Morgan fingerprint density at radius 3 is 2.34 bits per heavy atom. The second kappa shape index (κ2) is 7.99. The van der Waals surface area contributed by atoms with Crippen LogP contribution >= 0.6 is 0 Å². The number of anilines is 2. The van der Waals surface area contributed by atoms with Crippen molar-refractivity contribution >= 4 is 31.4 Å². The van der Waals surface area contributed by atoms with E-state index in [1.165, 1.54) is 4.31 Å². The third kappa shape index (κ3) is 4.43. The summed E-state index contributed by atoms with van der Waals surface area (Å²) >= 11 is 0. The lowest BCUT2D eigenvalue weighted by Crippen LogP contribution is -2.37. The van der Waals surface area contributed by atoms with Crippen LogP contribution in [0.2, 0.25) is 0 Å². The van der Waals surface area contributed by atoms with Crippen molar-refractivity contribution in [3.8, 4) is 0 Å². The van der Waals surface area contributed by atoms with Crippen LogP contribution in [0, 0.1) is 20.8 Å². The van der Waals surface area contributed by atoms with Crippen LogP contribution in [0.15, 0.2) is 35.2 Å². The number of hydrogen-bond acceptors (Lipinski definition) is 4. The average molecular weight is 437 g/mol. The molecule has 0 atom stereocenters. The molecule has 29 heavy (non-hydrogen) atoms. The number of nitrogens with one attached hydrogen (secondary N) is 1. The molecule has 1 heterocycles. The van der Waals surface area contributed by atoms with Gasteiger partial charge in [0.15, 0.2) is 0 Å². The average Bonchev–Trinajstić information content (AvgIpc) is 2.63. The summed E-state index contributed by atoms with van der Waals surface area (Å²) in [7, 11) is -7.10. The largest absolute Gasteiger partial charge is 0.280 e. The van der Waals surface area contributed by atoms with E-state index in [1.807, 2.05) is 26.8 Å². The first-order valence-electron chi connectivity index (χ1n) is 9.79. The minimum absolute atomic E-state index is 0.104. The lowest BCUT2D eigenvalue weighted by molar-refractivity contribution is 0.585. The Balaban J connectivity index is 1.94. The maximum Gasteiger partial charge on any atom is 0.262 e. The van der Waals surface area contributed by atoms with Crippen molar-refractivity contribution in [2.45, 2.75) is 51.9 Å². The van der Waals surface area contributed by atoms with Crippen molar-refractivity contribution in [2.24, 2.45) is 0 Å². The molecule has 3 rings (SSSR count). The molecule has 1 N–H and O–H groups in total. The number of benzene rings is 2. The first kappa shape index (κ1) is 21.6. The van der Waals surface area contributed by atoms with E-state index in [4.69, 9.17) is 0 Å². The van der Waals surface area contributed by atoms with Crippen LogP contribution in [0.5, 0.6) is 0 Å². The number of rotatable bonds is 6. The summed E-state index contributed by atoms with van der Waals surface area (Å²) in [4.78, 5) is 0.255. The van der Waals surface area contributed by atoms with Crippen molar-refractivity contribution in [3.05, 3.63) is 52.6 Å². The van der Waals surface area contributed by atoms with Gasteiger partial charge in [-0.2, -0.15) is 0 Å². The predicted octanol–water partition coefficient (Wildman–Crippen LogP) is 3.91. The monoisotopic (exact) mass is 436 g/mol. The SMILES string of the molecule is CCCS(=O)(=O)N1CCCc2cc(NS(=O)(=O)c3cc(C)c(C)cc3C)ccc21. The molecule has 0 unspecified atom stereocenters. The van der Waals surface area contributed by atoms with E-state index in [0.29, 0.717) is 42.7 Å². The molecule has 158 valence electrons. The van der Waals surface area contributed by atoms with E-state index in [2.05, 4.69) is 4.72 Å². The zero-order valence-electron chi connectivity index (χ0n) is 17.3. The van der Waals surface area contributed by atoms with Gasteiger partial charge in [-0.1, -0.05) is 13.0 Å². The Labute approximate surface area is 174 Å². The van der Waals surface area contributed by atoms with Gasteiger partial charge in [0.05, 0.1) is 16.3 Å². The summed E-state index contributed by atoms with van der Waals surface area (Å²) in [6.07, 6.45) is 1.98. The van der Waals surface area contributed by atoms with Crippen LogP contribution in [0.4, 0.5) is 11.4 Å². The Morgan fingerprint density at radius 2 is 1.66 bits per heavy atom. The highest BCUT2D eigenvalue weighted by Crippen LogP contribution is 2.33. The Hall–Kier alpha value is -2.06. The molecule has 0 bridgehead atoms. The van der Waals surface area contributed by atoms with Gasteiger partial charge in [0, 0.05) is 12.2 Å². The van der Waals surface area contributed by atoms with Crippen molar-refractivity contribution < 1.29 is 16.8 Å². The van der Waals surface area contributed by atoms with Gasteiger partial charge in [-0.05, 0) is 86.6 Å². The molecule has 0 aromatic heterocycles. The van der Waals surface area contributed by atoms with Crippen LogP contribution in [-0.2, 0) is 26.5 Å². The Morgan fingerprint density at radius 1 is 0.966 bits per heavy atom. The summed E-state index contributed by atoms with van der Waals surface area (Å²) in [5, 5.41) is 0. The van der Waals surface area contributed by atoms with Gasteiger partial charge >= 0.3 is 0 Å². The van der Waals surface area contributed by atoms with Gasteiger partial charge in [0.2, 0.25) is 10.0 Å². The number of aryl methyl sites for hydroxylation is 4. The lowest BCUT2D eigenvalue weighted by atomic mass is 10.0. The number of nitrogens with zero attached hydrogens (tertiary/aromatic N) is 1. The number of hydrogen-bond donors (Lipinski definition) is 1. The second-order valence-electron chi connectivity index (χ2n) is 7.64. The quantitative estimate of drug-likeness (QED) is 0.744. The maximum absolute atomic E-state index is 12.9. The van der Waals surface area contributed by atoms with Crippen molar-refractivity contribution in [3.63, 3.8) is 0 Å². The molecular weight excluding hydrogens is 408 g/mol. The molecular formula is C21H28N2O4S2. The smallest absolute Gasteiger partial charge is 0.262 e. The van der Waals surface area contributed by atoms with E-state index in [0.717, 1.165) is 16.7 Å². The van der Waals surface area contributed by atoms with Gasteiger partial charge in [-0.25, -0.2) is 16.8 Å². The summed E-state index contributed by atoms with van der Waals surface area (Å²) in [6, 6.07) is 8.63. The molecule has 0 saturated carbocycles. The topological polar surface area (TPSA) is 83.6 Å². The van der Waals surface area contributed by atoms with Gasteiger partial charge in [-0.15, -0.1) is 0 Å². The minimum atomic E-state index is -3.74. The van der Waals surface area contributed by atoms with E-state index in [9.17, 15) is 16.8 Å². The molecule has 1 aliphatic rings. The van der Waals surface area contributed by atoms with Crippen LogP contribution in [0.25, 0.3) is 0 Å². The highest BCUT2D eigenvalue weighted by Gasteiger charge is 2.27. The molecule has 2 aromatic rings. The van der Waals surface area contributed by atoms with E-state index in [1.54, 1.807) is 31.2 Å². The van der Waals surface area contributed by atoms with Crippen LogP contribution < -0.4 is 9.03 Å². The van der Waals surface area contributed by atoms with Gasteiger partial charge in [-0.3, -0.25) is 9.03 Å². The number of sulfonamides is 2. The van der Waals surface area contributed by atoms with Gasteiger partial charge in [0.1, 0.15) is 0 Å². The predicted molar refractivity (Wildman–Crippen MR) is 118 cm³/mol. The van der Waals surface area contributed by atoms with E-state index in [-0.39, 0.29) is 10.6 Å². The summed E-state index contributed by atoms with van der Waals surface area (Å²) in [5.41, 5.74) is 4.58. The lowest BCUT2D eigenvalue weighted by Gasteiger charge is -2.30. The first-order chi connectivity index (χ1) is 13.5. The van der Waals surface area contributed by atoms with E-state index < -0.39 is 20.0 Å². The molecule has 0 spiro atoms. The second-order valence-corrected chi connectivity index (χ2v) is 11.3. The first-order valence-corrected chi connectivity index (χ1v) is 12.9. The summed E-state index contributed by atoms with van der Waals surface area (Å²) in [6.45, 7) is 7.92. The molecule has 8 heteroatoms. The van der Waals surface area contributed by atoms with Crippen LogP contribution in [0.1, 0.15) is 42.0 Å². The standard InChI is InChI=1S/C21H28N2O4S2/c1-5-11-28(24,25)23-10-6-7-18-14-19(8-9-20(18)23)22-29(26,27)21-13-16(3)15(2)12-17(21)4/h8-9,12-14,22H,5-7,10-11H2,1-4H3. The molecule has 1 aliphatic heterocycles. The van der Waals surface area contributed by atoms with Crippen LogP contribution in [-0.4, -0.2) is 29.1 Å². The molecule has 6 nitrogen and oxygen atoms in total. The number of fused-ring (bicyclic) bond motifs is 1. The minimum Gasteiger partial charge on any atom is -0.280 e. The molecule has 2 aromatic carbocycles. The molecule has 0 saturated heterocycles. The highest BCUT2D eigenvalue weighted by atomic mass is 32.2. The van der Waals surface area contributed by atoms with Crippen molar-refractivity contribution in [1.29, 1.82) is 0 Å². The maximum atomic E-state index is 12.9. The van der Waals surface area contributed by atoms with Gasteiger partial charge < -0.3 is 0 Å². The highest BCUT2D eigenvalue weighted by molar-refractivity contribution is 7.93. The third-order valence-corrected chi connectivity index (χ3v) is 8.78. The zero-order chi connectivity index (χ0) is 21.4. The fraction of sp³-hybridized carbons (Fsp3) is 0.429. The van der Waals surface area contributed by atoms with Gasteiger partial charge in [0.25, 0.3) is 10.0 Å². The normalized spacial score (nSPS) is 14.6. The van der Waals surface area contributed by atoms with Crippen molar-refractivity contribution in [1.82, 2.24) is 0 Å². The van der Waals surface area contributed by atoms with E-state index >= 15 is 0 Å². The zero-order valence-corrected chi connectivity index (χ0v) is 19.0. The Kier molecular flexibility index (Phi) is 5.96.